The van der Waals surface area contributed by atoms with E-state index in [-0.39, 0.29) is 5.56 Å². The minimum absolute atomic E-state index is 0.0175. The van der Waals surface area contributed by atoms with Gasteiger partial charge in [-0.05, 0) is 36.6 Å². The Bertz CT molecular complexity index is 1290. The SMILES string of the molecule is Cc1cc(C)c(NC(=O)c2c(-c3ccccc3)c(-c3ccccc3)n[nH]c2=O)c(Cl)c1. The number of nitrogens with zero attached hydrogens (tertiary/aromatic N) is 1. The van der Waals surface area contributed by atoms with Gasteiger partial charge in [-0.2, -0.15) is 5.10 Å². The molecule has 5 nitrogen and oxygen atoms in total. The van der Waals surface area contributed by atoms with Gasteiger partial charge in [-0.1, -0.05) is 78.3 Å². The quantitative estimate of drug-likeness (QED) is 0.441. The molecule has 6 heteroatoms. The van der Waals surface area contributed by atoms with Crippen LogP contribution in [0.2, 0.25) is 5.02 Å². The van der Waals surface area contributed by atoms with Crippen LogP contribution in [0.4, 0.5) is 5.69 Å². The van der Waals surface area contributed by atoms with E-state index >= 15 is 0 Å². The number of carbonyl (C=O) groups is 1. The van der Waals surface area contributed by atoms with Gasteiger partial charge in [-0.25, -0.2) is 5.10 Å². The average molecular weight is 430 g/mol. The van der Waals surface area contributed by atoms with Crippen LogP contribution in [0.1, 0.15) is 21.5 Å². The number of amides is 1. The van der Waals surface area contributed by atoms with Crippen molar-refractivity contribution in [2.45, 2.75) is 13.8 Å². The lowest BCUT2D eigenvalue weighted by molar-refractivity contribution is 0.102. The summed E-state index contributed by atoms with van der Waals surface area (Å²) in [6.07, 6.45) is 0. The number of H-pyrrole nitrogens is 1. The summed E-state index contributed by atoms with van der Waals surface area (Å²) in [5.41, 5.74) is 4.18. The lowest BCUT2D eigenvalue weighted by atomic mass is 9.95. The Morgan fingerprint density at radius 3 is 2.16 bits per heavy atom. The van der Waals surface area contributed by atoms with E-state index in [0.717, 1.165) is 22.3 Å². The summed E-state index contributed by atoms with van der Waals surface area (Å²) >= 11 is 6.38. The third-order valence-electron chi connectivity index (χ3n) is 4.99. The van der Waals surface area contributed by atoms with E-state index in [1.165, 1.54) is 0 Å². The number of aromatic nitrogens is 2. The van der Waals surface area contributed by atoms with Crippen molar-refractivity contribution >= 4 is 23.2 Å². The maximum Gasteiger partial charge on any atom is 0.277 e. The van der Waals surface area contributed by atoms with Gasteiger partial charge >= 0.3 is 0 Å². The van der Waals surface area contributed by atoms with Gasteiger partial charge < -0.3 is 5.32 Å². The molecule has 1 aromatic heterocycles. The number of halogens is 1. The van der Waals surface area contributed by atoms with Crippen LogP contribution in [-0.2, 0) is 0 Å². The van der Waals surface area contributed by atoms with Crippen LogP contribution in [-0.4, -0.2) is 16.1 Å². The minimum atomic E-state index is -0.572. The highest BCUT2D eigenvalue weighted by Gasteiger charge is 2.24. The molecule has 4 rings (SSSR count). The summed E-state index contributed by atoms with van der Waals surface area (Å²) in [6, 6.07) is 22.4. The molecule has 0 saturated heterocycles. The number of rotatable bonds is 4. The number of aryl methyl sites for hydroxylation is 2. The first-order valence-electron chi connectivity index (χ1n) is 9.77. The molecular formula is C25H20ClN3O2. The van der Waals surface area contributed by atoms with Crippen molar-refractivity contribution in [1.82, 2.24) is 10.2 Å². The number of hydrogen-bond donors (Lipinski definition) is 2. The van der Waals surface area contributed by atoms with Crippen LogP contribution in [0.3, 0.4) is 0 Å². The van der Waals surface area contributed by atoms with Gasteiger partial charge in [-0.15, -0.1) is 0 Å². The number of carbonyl (C=O) groups excluding carboxylic acids is 1. The number of benzene rings is 3. The third-order valence-corrected chi connectivity index (χ3v) is 5.29. The molecule has 0 bridgehead atoms. The standard InChI is InChI=1S/C25H20ClN3O2/c1-15-13-16(2)22(19(26)14-15)27-24(30)21-20(17-9-5-3-6-10-17)23(28-29-25(21)31)18-11-7-4-8-12-18/h3-14H,1-2H3,(H,27,30)(H,29,31). The Morgan fingerprint density at radius 2 is 1.55 bits per heavy atom. The smallest absolute Gasteiger partial charge is 0.277 e. The molecule has 2 N–H and O–H groups in total. The molecule has 1 heterocycles. The summed E-state index contributed by atoms with van der Waals surface area (Å²) < 4.78 is 0. The number of nitrogens with one attached hydrogen (secondary N) is 2. The van der Waals surface area contributed by atoms with E-state index in [2.05, 4.69) is 15.5 Å². The van der Waals surface area contributed by atoms with Crippen LogP contribution in [0.25, 0.3) is 22.4 Å². The van der Waals surface area contributed by atoms with Crippen molar-refractivity contribution in [2.75, 3.05) is 5.32 Å². The Labute approximate surface area is 184 Å². The molecule has 0 spiro atoms. The Balaban J connectivity index is 1.92. The molecular weight excluding hydrogens is 410 g/mol. The van der Waals surface area contributed by atoms with Crippen molar-refractivity contribution in [2.24, 2.45) is 0 Å². The fraction of sp³-hybridized carbons (Fsp3) is 0.0800. The van der Waals surface area contributed by atoms with Gasteiger partial charge in [-0.3, -0.25) is 9.59 Å². The molecule has 0 fully saturated rings. The maximum atomic E-state index is 13.4. The largest absolute Gasteiger partial charge is 0.320 e. The first-order valence-corrected chi connectivity index (χ1v) is 10.1. The molecule has 0 aliphatic heterocycles. The minimum Gasteiger partial charge on any atom is -0.320 e. The molecule has 0 radical (unpaired) electrons. The zero-order valence-corrected chi connectivity index (χ0v) is 17.8. The molecule has 4 aromatic rings. The van der Waals surface area contributed by atoms with E-state index in [4.69, 9.17) is 11.6 Å². The molecule has 1 amide bonds. The Kier molecular flexibility index (Phi) is 5.69. The zero-order chi connectivity index (χ0) is 22.0. The summed E-state index contributed by atoms with van der Waals surface area (Å²) in [5, 5.41) is 10.0. The van der Waals surface area contributed by atoms with Crippen LogP contribution in [0.15, 0.2) is 77.6 Å². The van der Waals surface area contributed by atoms with Crippen molar-refractivity contribution in [1.29, 1.82) is 0 Å². The van der Waals surface area contributed by atoms with Gasteiger partial charge in [0.15, 0.2) is 0 Å². The molecule has 3 aromatic carbocycles. The topological polar surface area (TPSA) is 74.8 Å². The molecule has 31 heavy (non-hydrogen) atoms. The highest BCUT2D eigenvalue weighted by molar-refractivity contribution is 6.34. The second kappa shape index (κ2) is 8.58. The number of aromatic amines is 1. The summed E-state index contributed by atoms with van der Waals surface area (Å²) in [7, 11) is 0. The van der Waals surface area contributed by atoms with Gasteiger partial charge in [0, 0.05) is 11.1 Å². The van der Waals surface area contributed by atoms with Gasteiger partial charge in [0.25, 0.3) is 11.5 Å². The second-order valence-corrected chi connectivity index (χ2v) is 7.68. The average Bonchev–Trinajstić information content (AvgIpc) is 2.77. The lowest BCUT2D eigenvalue weighted by Crippen LogP contribution is -2.26. The van der Waals surface area contributed by atoms with Crippen LogP contribution in [0.5, 0.6) is 0 Å². The van der Waals surface area contributed by atoms with Crippen LogP contribution >= 0.6 is 11.6 Å². The number of hydrogen-bond acceptors (Lipinski definition) is 3. The van der Waals surface area contributed by atoms with Crippen LogP contribution < -0.4 is 10.9 Å². The van der Waals surface area contributed by atoms with Crippen molar-refractivity contribution in [3.05, 3.63) is 105 Å². The second-order valence-electron chi connectivity index (χ2n) is 7.28. The van der Waals surface area contributed by atoms with Gasteiger partial charge in [0.2, 0.25) is 0 Å². The first kappa shape index (κ1) is 20.6. The Morgan fingerprint density at radius 1 is 0.935 bits per heavy atom. The van der Waals surface area contributed by atoms with Crippen molar-refractivity contribution < 1.29 is 4.79 Å². The van der Waals surface area contributed by atoms with E-state index in [9.17, 15) is 9.59 Å². The molecule has 0 atom stereocenters. The maximum absolute atomic E-state index is 13.4. The molecule has 0 aliphatic rings. The lowest BCUT2D eigenvalue weighted by Gasteiger charge is -2.15. The van der Waals surface area contributed by atoms with Gasteiger partial charge in [0.05, 0.1) is 16.4 Å². The molecule has 0 aliphatic carbocycles. The first-order chi connectivity index (χ1) is 15.0. The molecule has 0 saturated carbocycles. The summed E-state index contributed by atoms with van der Waals surface area (Å²) in [6.45, 7) is 3.79. The van der Waals surface area contributed by atoms with Crippen LogP contribution in [0, 0.1) is 13.8 Å². The van der Waals surface area contributed by atoms with Crippen molar-refractivity contribution in [3.8, 4) is 22.4 Å². The predicted molar refractivity (Wildman–Crippen MR) is 125 cm³/mol. The predicted octanol–water partition coefficient (Wildman–Crippen LogP) is 5.63. The molecule has 0 unspecified atom stereocenters. The van der Waals surface area contributed by atoms with Crippen molar-refractivity contribution in [3.63, 3.8) is 0 Å². The zero-order valence-electron chi connectivity index (χ0n) is 17.1. The summed E-state index contributed by atoms with van der Waals surface area (Å²) in [5.74, 6) is -0.548. The highest BCUT2D eigenvalue weighted by atomic mass is 35.5. The summed E-state index contributed by atoms with van der Waals surface area (Å²) in [4.78, 5) is 26.2. The van der Waals surface area contributed by atoms with Gasteiger partial charge in [0.1, 0.15) is 5.56 Å². The third kappa shape index (κ3) is 4.13. The number of anilines is 1. The highest BCUT2D eigenvalue weighted by Crippen LogP contribution is 2.33. The fourth-order valence-electron chi connectivity index (χ4n) is 3.61. The van der Waals surface area contributed by atoms with E-state index in [1.54, 1.807) is 6.07 Å². The van der Waals surface area contributed by atoms with E-state index in [1.807, 2.05) is 80.6 Å². The van der Waals surface area contributed by atoms with E-state index in [0.29, 0.717) is 22.0 Å². The monoisotopic (exact) mass is 429 g/mol. The molecule has 154 valence electrons. The normalized spacial score (nSPS) is 10.7. The Hall–Kier alpha value is -3.70. The van der Waals surface area contributed by atoms with E-state index < -0.39 is 11.5 Å². The fourth-order valence-corrected chi connectivity index (χ4v) is 3.98.